The van der Waals surface area contributed by atoms with Crippen LogP contribution in [0.25, 0.3) is 11.3 Å². The molecule has 3 aromatic rings. The third-order valence-corrected chi connectivity index (χ3v) is 7.17. The number of rotatable bonds is 7. The van der Waals surface area contributed by atoms with Gasteiger partial charge in [0.1, 0.15) is 12.1 Å². The number of hydrogen-bond acceptors (Lipinski definition) is 5. The molecule has 3 N–H and O–H groups in total. The molecule has 9 nitrogen and oxygen atoms in total. The van der Waals surface area contributed by atoms with E-state index in [4.69, 9.17) is 0 Å². The van der Waals surface area contributed by atoms with Crippen molar-refractivity contribution in [2.45, 2.75) is 51.5 Å². The van der Waals surface area contributed by atoms with Gasteiger partial charge in [0.25, 0.3) is 5.91 Å². The lowest BCUT2D eigenvalue weighted by Crippen LogP contribution is -2.55. The van der Waals surface area contributed by atoms with Crippen LogP contribution in [0.3, 0.4) is 0 Å². The second-order valence-electron chi connectivity index (χ2n) is 10.1. The highest BCUT2D eigenvalue weighted by Gasteiger charge is 2.45. The summed E-state index contributed by atoms with van der Waals surface area (Å²) in [5, 5.41) is 20.2. The van der Waals surface area contributed by atoms with Gasteiger partial charge in [0, 0.05) is 37.8 Å². The molecule has 5 rings (SSSR count). The number of fused-ring (bicyclic) bond motifs is 1. The predicted molar refractivity (Wildman–Crippen MR) is 137 cm³/mol. The molecule has 3 heterocycles. The van der Waals surface area contributed by atoms with Crippen LogP contribution in [0, 0.1) is 5.92 Å². The summed E-state index contributed by atoms with van der Waals surface area (Å²) in [7, 11) is 0. The van der Waals surface area contributed by atoms with Crippen LogP contribution in [-0.2, 0) is 22.7 Å². The van der Waals surface area contributed by atoms with Crippen LogP contribution in [0.2, 0.25) is 0 Å². The Hall–Kier alpha value is -3.98. The Morgan fingerprint density at radius 3 is 2.57 bits per heavy atom. The summed E-state index contributed by atoms with van der Waals surface area (Å²) in [6.07, 6.45) is 1.05. The molecule has 0 spiro atoms. The highest BCUT2D eigenvalue weighted by atomic mass is 16.3. The van der Waals surface area contributed by atoms with Crippen LogP contribution in [0.15, 0.2) is 60.8 Å². The van der Waals surface area contributed by atoms with Crippen molar-refractivity contribution in [2.75, 3.05) is 6.54 Å². The number of hydrogen-bond donors (Lipinski definition) is 3. The van der Waals surface area contributed by atoms with Gasteiger partial charge in [-0.15, -0.1) is 0 Å². The second-order valence-corrected chi connectivity index (χ2v) is 10.1. The molecule has 2 aromatic carbocycles. The largest absolute Gasteiger partial charge is 0.391 e. The van der Waals surface area contributed by atoms with Crippen molar-refractivity contribution in [1.82, 2.24) is 25.3 Å². The SMILES string of the molecule is CC(C)[C@@H](C(=O)N1C[C@H](O)C[C@H]1C(=O)NCc1ccc(-c2ccn[nH]2)cc1)N1Cc2ccccc2C1=O. The molecule has 1 saturated heterocycles. The minimum atomic E-state index is -0.798. The first kappa shape index (κ1) is 24.7. The van der Waals surface area contributed by atoms with E-state index >= 15 is 0 Å². The number of nitrogens with one attached hydrogen (secondary N) is 2. The van der Waals surface area contributed by atoms with Gasteiger partial charge in [-0.3, -0.25) is 19.5 Å². The molecule has 1 fully saturated rings. The van der Waals surface area contributed by atoms with Crippen LogP contribution in [0.4, 0.5) is 0 Å². The number of carbonyl (C=O) groups is 3. The molecule has 2 aliphatic rings. The number of likely N-dealkylation sites (tertiary alicyclic amines) is 1. The molecule has 192 valence electrons. The van der Waals surface area contributed by atoms with E-state index in [1.807, 2.05) is 62.4 Å². The molecular formula is C28H31N5O4. The number of β-amino-alcohol motifs (C(OH)–C–C–N with tert-alkyl or cyclic N) is 1. The standard InChI is InChI=1S/C28H31N5O4/c1-17(2)25(33-15-20-5-3-4-6-22(20)27(33)36)28(37)32-16-21(34)13-24(32)26(35)29-14-18-7-9-19(10-8-18)23-11-12-30-31-23/h3-12,17,21,24-25,34H,13-16H2,1-2H3,(H,29,35)(H,30,31)/t21-,24+,25+/m1/s1. The number of benzene rings is 2. The molecule has 0 bridgehead atoms. The van der Waals surface area contributed by atoms with Crippen LogP contribution in [0.1, 0.15) is 41.8 Å². The lowest BCUT2D eigenvalue weighted by Gasteiger charge is -2.35. The summed E-state index contributed by atoms with van der Waals surface area (Å²) in [5.74, 6) is -0.972. The minimum Gasteiger partial charge on any atom is -0.391 e. The number of aromatic amines is 1. The summed E-state index contributed by atoms with van der Waals surface area (Å²) in [5.41, 5.74) is 4.30. The zero-order chi connectivity index (χ0) is 26.1. The van der Waals surface area contributed by atoms with Gasteiger partial charge in [0.2, 0.25) is 11.8 Å². The van der Waals surface area contributed by atoms with E-state index < -0.39 is 18.2 Å². The molecule has 0 radical (unpaired) electrons. The van der Waals surface area contributed by atoms with Crippen molar-refractivity contribution in [3.8, 4) is 11.3 Å². The Kier molecular flexibility index (Phi) is 6.80. The van der Waals surface area contributed by atoms with Crippen molar-refractivity contribution in [2.24, 2.45) is 5.92 Å². The lowest BCUT2D eigenvalue weighted by atomic mass is 10.0. The maximum absolute atomic E-state index is 13.8. The first-order valence-corrected chi connectivity index (χ1v) is 12.6. The van der Waals surface area contributed by atoms with Crippen molar-refractivity contribution in [3.05, 3.63) is 77.5 Å². The zero-order valence-electron chi connectivity index (χ0n) is 20.9. The molecule has 37 heavy (non-hydrogen) atoms. The van der Waals surface area contributed by atoms with Gasteiger partial charge >= 0.3 is 0 Å². The number of H-pyrrole nitrogens is 1. The summed E-state index contributed by atoms with van der Waals surface area (Å²) < 4.78 is 0. The number of aromatic nitrogens is 2. The Morgan fingerprint density at radius 2 is 1.89 bits per heavy atom. The van der Waals surface area contributed by atoms with E-state index in [2.05, 4.69) is 15.5 Å². The quantitative estimate of drug-likeness (QED) is 0.459. The van der Waals surface area contributed by atoms with Gasteiger partial charge in [-0.1, -0.05) is 56.3 Å². The van der Waals surface area contributed by atoms with E-state index in [9.17, 15) is 19.5 Å². The third-order valence-electron chi connectivity index (χ3n) is 7.17. The lowest BCUT2D eigenvalue weighted by molar-refractivity contribution is -0.143. The van der Waals surface area contributed by atoms with Crippen molar-refractivity contribution in [1.29, 1.82) is 0 Å². The zero-order valence-corrected chi connectivity index (χ0v) is 20.9. The summed E-state index contributed by atoms with van der Waals surface area (Å²) >= 11 is 0. The summed E-state index contributed by atoms with van der Waals surface area (Å²) in [6.45, 7) is 4.50. The summed E-state index contributed by atoms with van der Waals surface area (Å²) in [4.78, 5) is 43.1. The fourth-order valence-corrected chi connectivity index (χ4v) is 5.28. The third kappa shape index (κ3) is 4.86. The number of nitrogens with zero attached hydrogens (tertiary/aromatic N) is 3. The molecule has 0 saturated carbocycles. The van der Waals surface area contributed by atoms with Gasteiger partial charge in [-0.25, -0.2) is 0 Å². The van der Waals surface area contributed by atoms with Crippen LogP contribution in [-0.4, -0.2) is 67.6 Å². The predicted octanol–water partition coefficient (Wildman–Crippen LogP) is 2.34. The van der Waals surface area contributed by atoms with E-state index in [0.29, 0.717) is 18.7 Å². The van der Waals surface area contributed by atoms with Crippen LogP contribution in [0.5, 0.6) is 0 Å². The van der Waals surface area contributed by atoms with E-state index in [1.165, 1.54) is 4.90 Å². The van der Waals surface area contributed by atoms with Crippen LogP contribution >= 0.6 is 0 Å². The molecule has 9 heteroatoms. The molecule has 3 atom stereocenters. The molecule has 1 aromatic heterocycles. The summed E-state index contributed by atoms with van der Waals surface area (Å²) in [6, 6.07) is 15.5. The van der Waals surface area contributed by atoms with Crippen molar-refractivity contribution in [3.63, 3.8) is 0 Å². The van der Waals surface area contributed by atoms with Gasteiger partial charge in [0.15, 0.2) is 0 Å². The first-order valence-electron chi connectivity index (χ1n) is 12.6. The minimum absolute atomic E-state index is 0.0635. The van der Waals surface area contributed by atoms with E-state index in [-0.39, 0.29) is 36.6 Å². The van der Waals surface area contributed by atoms with Gasteiger partial charge in [-0.2, -0.15) is 5.10 Å². The number of carbonyl (C=O) groups excluding carboxylic acids is 3. The first-order chi connectivity index (χ1) is 17.8. The second kappa shape index (κ2) is 10.2. The van der Waals surface area contributed by atoms with Crippen molar-refractivity contribution < 1.29 is 19.5 Å². The Labute approximate surface area is 215 Å². The maximum Gasteiger partial charge on any atom is 0.255 e. The topological polar surface area (TPSA) is 119 Å². The maximum atomic E-state index is 13.8. The normalized spacial score (nSPS) is 19.8. The van der Waals surface area contributed by atoms with Gasteiger partial charge in [-0.05, 0) is 34.7 Å². The fraction of sp³-hybridized carbons (Fsp3) is 0.357. The fourth-order valence-electron chi connectivity index (χ4n) is 5.28. The average Bonchev–Trinajstić information content (AvgIpc) is 3.63. The van der Waals surface area contributed by atoms with Gasteiger partial charge < -0.3 is 20.2 Å². The monoisotopic (exact) mass is 501 g/mol. The highest BCUT2D eigenvalue weighted by molar-refractivity contribution is 6.01. The van der Waals surface area contributed by atoms with E-state index in [1.54, 1.807) is 17.2 Å². The Morgan fingerprint density at radius 1 is 1.14 bits per heavy atom. The van der Waals surface area contributed by atoms with E-state index in [0.717, 1.165) is 22.4 Å². The van der Waals surface area contributed by atoms with Gasteiger partial charge in [0.05, 0.1) is 11.8 Å². The Balaban J connectivity index is 1.27. The molecular weight excluding hydrogens is 470 g/mol. The number of amides is 3. The molecule has 0 unspecified atom stereocenters. The average molecular weight is 502 g/mol. The molecule has 2 aliphatic heterocycles. The molecule has 0 aliphatic carbocycles. The smallest absolute Gasteiger partial charge is 0.255 e. The highest BCUT2D eigenvalue weighted by Crippen LogP contribution is 2.30. The Bertz CT molecular complexity index is 1290. The number of aliphatic hydroxyl groups is 1. The molecule has 3 amide bonds. The number of aliphatic hydroxyl groups excluding tert-OH is 1. The van der Waals surface area contributed by atoms with Crippen molar-refractivity contribution >= 4 is 17.7 Å². The van der Waals surface area contributed by atoms with Crippen LogP contribution < -0.4 is 5.32 Å².